The maximum absolute atomic E-state index is 12.7. The number of methoxy groups -OCH3 is 4. The molecular formula is C22H23N3O6. The number of hydrogen-bond donors (Lipinski definition) is 0. The van der Waals surface area contributed by atoms with Gasteiger partial charge in [-0.05, 0) is 24.3 Å². The highest BCUT2D eigenvalue weighted by Gasteiger charge is 2.35. The van der Waals surface area contributed by atoms with Crippen molar-refractivity contribution in [1.29, 1.82) is 0 Å². The van der Waals surface area contributed by atoms with Crippen LogP contribution in [0.25, 0.3) is 11.4 Å². The van der Waals surface area contributed by atoms with Crippen molar-refractivity contribution in [1.82, 2.24) is 10.1 Å². The fraction of sp³-hybridized carbons (Fsp3) is 0.318. The largest absolute Gasteiger partial charge is 0.497 e. The van der Waals surface area contributed by atoms with Crippen LogP contribution in [0.3, 0.4) is 0 Å². The summed E-state index contributed by atoms with van der Waals surface area (Å²) in [5.74, 6) is 2.95. The molecule has 0 spiro atoms. The number of ether oxygens (including phenoxy) is 4. The SMILES string of the molecule is COc1ccc(-c2noc(C3CC(=O)N(c4ccc(OC)c(OC)c4)C3)n2)c(OC)c1. The van der Waals surface area contributed by atoms with E-state index in [1.54, 1.807) is 57.6 Å². The Bertz CT molecular complexity index is 1100. The van der Waals surface area contributed by atoms with Gasteiger partial charge in [0.2, 0.25) is 17.6 Å². The summed E-state index contributed by atoms with van der Waals surface area (Å²) in [7, 11) is 6.28. The molecule has 1 atom stereocenters. The maximum Gasteiger partial charge on any atom is 0.232 e. The minimum Gasteiger partial charge on any atom is -0.497 e. The molecular weight excluding hydrogens is 402 g/mol. The minimum atomic E-state index is -0.217. The highest BCUT2D eigenvalue weighted by Crippen LogP contribution is 2.37. The summed E-state index contributed by atoms with van der Waals surface area (Å²) >= 11 is 0. The average molecular weight is 425 g/mol. The van der Waals surface area contributed by atoms with Crippen LogP contribution in [0.4, 0.5) is 5.69 Å². The van der Waals surface area contributed by atoms with Crippen LogP contribution in [0.1, 0.15) is 18.2 Å². The standard InChI is InChI=1S/C22H23N3O6/c1-27-15-6-7-16(18(11-15)29-3)21-23-22(31-24-21)13-9-20(26)25(12-13)14-5-8-17(28-2)19(10-14)30-4/h5-8,10-11,13H,9,12H2,1-4H3. The number of aromatic nitrogens is 2. The first kappa shape index (κ1) is 20.5. The Morgan fingerprint density at radius 2 is 1.71 bits per heavy atom. The fourth-order valence-electron chi connectivity index (χ4n) is 3.61. The van der Waals surface area contributed by atoms with E-state index in [1.807, 2.05) is 12.1 Å². The molecule has 1 saturated heterocycles. The van der Waals surface area contributed by atoms with E-state index in [1.165, 1.54) is 0 Å². The van der Waals surface area contributed by atoms with Crippen molar-refractivity contribution in [3.05, 3.63) is 42.3 Å². The van der Waals surface area contributed by atoms with Crippen molar-refractivity contribution in [2.24, 2.45) is 0 Å². The predicted octanol–water partition coefficient (Wildman–Crippen LogP) is 3.29. The number of benzene rings is 2. The quantitative estimate of drug-likeness (QED) is 0.569. The Balaban J connectivity index is 1.56. The van der Waals surface area contributed by atoms with E-state index >= 15 is 0 Å². The molecule has 0 N–H and O–H groups in total. The van der Waals surface area contributed by atoms with Gasteiger partial charge in [-0.3, -0.25) is 4.79 Å². The Hall–Kier alpha value is -3.75. The third-order valence-electron chi connectivity index (χ3n) is 5.24. The van der Waals surface area contributed by atoms with Crippen LogP contribution < -0.4 is 23.8 Å². The van der Waals surface area contributed by atoms with Gasteiger partial charge in [0, 0.05) is 30.8 Å². The second kappa shape index (κ2) is 8.55. The molecule has 162 valence electrons. The van der Waals surface area contributed by atoms with Crippen LogP contribution >= 0.6 is 0 Å². The van der Waals surface area contributed by atoms with E-state index in [4.69, 9.17) is 23.5 Å². The fourth-order valence-corrected chi connectivity index (χ4v) is 3.61. The third-order valence-corrected chi connectivity index (χ3v) is 5.24. The highest BCUT2D eigenvalue weighted by molar-refractivity contribution is 5.96. The number of carbonyl (C=O) groups excluding carboxylic acids is 1. The Morgan fingerprint density at radius 3 is 2.42 bits per heavy atom. The van der Waals surface area contributed by atoms with Crippen molar-refractivity contribution < 1.29 is 28.3 Å². The van der Waals surface area contributed by atoms with Gasteiger partial charge in [-0.2, -0.15) is 4.98 Å². The molecule has 2 heterocycles. The van der Waals surface area contributed by atoms with E-state index in [0.717, 1.165) is 5.69 Å². The van der Waals surface area contributed by atoms with Gasteiger partial charge in [-0.15, -0.1) is 0 Å². The van der Waals surface area contributed by atoms with Crippen molar-refractivity contribution in [2.75, 3.05) is 39.9 Å². The zero-order chi connectivity index (χ0) is 22.0. The molecule has 2 aromatic carbocycles. The lowest BCUT2D eigenvalue weighted by Gasteiger charge is -2.18. The van der Waals surface area contributed by atoms with Crippen LogP contribution in [0.2, 0.25) is 0 Å². The smallest absolute Gasteiger partial charge is 0.232 e. The van der Waals surface area contributed by atoms with Gasteiger partial charge in [0.1, 0.15) is 11.5 Å². The number of rotatable bonds is 7. The molecule has 0 aliphatic carbocycles. The van der Waals surface area contributed by atoms with Gasteiger partial charge in [0.25, 0.3) is 0 Å². The zero-order valence-corrected chi connectivity index (χ0v) is 17.7. The van der Waals surface area contributed by atoms with Crippen molar-refractivity contribution in [3.8, 4) is 34.4 Å². The number of carbonyl (C=O) groups is 1. The Kier molecular flexibility index (Phi) is 5.66. The van der Waals surface area contributed by atoms with Gasteiger partial charge in [0.15, 0.2) is 11.5 Å². The van der Waals surface area contributed by atoms with Gasteiger partial charge < -0.3 is 28.4 Å². The first-order valence-corrected chi connectivity index (χ1v) is 9.66. The summed E-state index contributed by atoms with van der Waals surface area (Å²) < 4.78 is 26.8. The Labute approximate surface area is 179 Å². The number of amides is 1. The molecule has 9 heteroatoms. The van der Waals surface area contributed by atoms with Crippen LogP contribution in [-0.4, -0.2) is 51.0 Å². The lowest BCUT2D eigenvalue weighted by molar-refractivity contribution is -0.117. The van der Waals surface area contributed by atoms with Crippen LogP contribution in [0.15, 0.2) is 40.9 Å². The van der Waals surface area contributed by atoms with E-state index < -0.39 is 0 Å². The molecule has 0 radical (unpaired) electrons. The summed E-state index contributed by atoms with van der Waals surface area (Å²) in [6.07, 6.45) is 0.274. The van der Waals surface area contributed by atoms with Crippen molar-refractivity contribution in [2.45, 2.75) is 12.3 Å². The number of anilines is 1. The summed E-state index contributed by atoms with van der Waals surface area (Å²) in [6.45, 7) is 0.426. The van der Waals surface area contributed by atoms with Crippen LogP contribution in [0, 0.1) is 0 Å². The molecule has 1 fully saturated rings. The monoisotopic (exact) mass is 425 g/mol. The zero-order valence-electron chi connectivity index (χ0n) is 17.7. The van der Waals surface area contributed by atoms with Crippen molar-refractivity contribution in [3.63, 3.8) is 0 Å². The van der Waals surface area contributed by atoms with E-state index in [0.29, 0.717) is 46.8 Å². The molecule has 0 saturated carbocycles. The first-order chi connectivity index (χ1) is 15.1. The topological polar surface area (TPSA) is 96.2 Å². The first-order valence-electron chi connectivity index (χ1n) is 9.66. The number of hydrogen-bond acceptors (Lipinski definition) is 8. The van der Waals surface area contributed by atoms with Gasteiger partial charge in [0.05, 0.1) is 39.9 Å². The summed E-state index contributed by atoms with van der Waals surface area (Å²) in [6, 6.07) is 10.7. The highest BCUT2D eigenvalue weighted by atomic mass is 16.5. The molecule has 1 aliphatic heterocycles. The summed E-state index contributed by atoms with van der Waals surface area (Å²) in [4.78, 5) is 18.9. The van der Waals surface area contributed by atoms with Gasteiger partial charge in [-0.1, -0.05) is 5.16 Å². The summed E-state index contributed by atoms with van der Waals surface area (Å²) in [5, 5.41) is 4.09. The summed E-state index contributed by atoms with van der Waals surface area (Å²) in [5.41, 5.74) is 1.40. The minimum absolute atomic E-state index is 0.0287. The molecule has 4 rings (SSSR count). The normalized spacial score (nSPS) is 15.8. The van der Waals surface area contributed by atoms with E-state index in [9.17, 15) is 4.79 Å². The number of nitrogens with zero attached hydrogens (tertiary/aromatic N) is 3. The molecule has 1 amide bonds. The average Bonchev–Trinajstić information content (AvgIpc) is 3.45. The van der Waals surface area contributed by atoms with Gasteiger partial charge in [-0.25, -0.2) is 0 Å². The maximum atomic E-state index is 12.7. The molecule has 0 bridgehead atoms. The molecule has 1 unspecified atom stereocenters. The van der Waals surface area contributed by atoms with Crippen LogP contribution in [-0.2, 0) is 4.79 Å². The molecule has 9 nitrogen and oxygen atoms in total. The molecule has 3 aromatic rings. The Morgan fingerprint density at radius 1 is 0.935 bits per heavy atom. The lowest BCUT2D eigenvalue weighted by Crippen LogP contribution is -2.24. The molecule has 1 aromatic heterocycles. The lowest BCUT2D eigenvalue weighted by atomic mass is 10.1. The molecule has 1 aliphatic rings. The second-order valence-electron chi connectivity index (χ2n) is 6.97. The van der Waals surface area contributed by atoms with Crippen molar-refractivity contribution >= 4 is 11.6 Å². The molecule has 31 heavy (non-hydrogen) atoms. The van der Waals surface area contributed by atoms with E-state index in [-0.39, 0.29) is 18.2 Å². The third kappa shape index (κ3) is 3.86. The van der Waals surface area contributed by atoms with E-state index in [2.05, 4.69) is 10.1 Å². The van der Waals surface area contributed by atoms with Crippen LogP contribution in [0.5, 0.6) is 23.0 Å². The predicted molar refractivity (Wildman–Crippen MR) is 112 cm³/mol. The van der Waals surface area contributed by atoms with Gasteiger partial charge >= 0.3 is 0 Å². The second-order valence-corrected chi connectivity index (χ2v) is 6.97.